The number of fused-ring (bicyclic) bond motifs is 2. The van der Waals surface area contributed by atoms with Crippen molar-refractivity contribution in [2.45, 2.75) is 32.2 Å². The number of hydrogen-bond donors (Lipinski definition) is 2. The molecule has 2 aliphatic rings. The van der Waals surface area contributed by atoms with Crippen LogP contribution < -0.4 is 10.6 Å². The summed E-state index contributed by atoms with van der Waals surface area (Å²) in [7, 11) is 0. The van der Waals surface area contributed by atoms with Crippen LogP contribution in [0.2, 0.25) is 0 Å². The minimum Gasteiger partial charge on any atom is -0.459 e. The van der Waals surface area contributed by atoms with Crippen LogP contribution in [0.4, 0.5) is 5.69 Å². The van der Waals surface area contributed by atoms with E-state index in [4.69, 9.17) is 4.42 Å². The Hall–Kier alpha value is -2.56. The topological polar surface area (TPSA) is 71.3 Å². The van der Waals surface area contributed by atoms with Crippen molar-refractivity contribution in [3.05, 3.63) is 54.0 Å². The minimum atomic E-state index is -0.276. The normalized spacial score (nSPS) is 24.2. The number of hydrogen-bond acceptors (Lipinski definition) is 3. The number of carbonyl (C=O) groups excluding carboxylic acids is 2. The van der Waals surface area contributed by atoms with Crippen molar-refractivity contribution in [1.82, 2.24) is 5.32 Å². The Morgan fingerprint density at radius 3 is 2.56 bits per heavy atom. The molecular weight excluding hydrogens is 316 g/mol. The summed E-state index contributed by atoms with van der Waals surface area (Å²) in [5, 5.41) is 5.85. The van der Waals surface area contributed by atoms with Crippen molar-refractivity contribution >= 4 is 17.5 Å². The highest BCUT2D eigenvalue weighted by atomic mass is 16.3. The lowest BCUT2D eigenvalue weighted by Gasteiger charge is -2.20. The Labute approximate surface area is 146 Å². The van der Waals surface area contributed by atoms with Crippen LogP contribution in [0.3, 0.4) is 0 Å². The Kier molecular flexibility index (Phi) is 4.30. The maximum atomic E-state index is 12.4. The van der Waals surface area contributed by atoms with Gasteiger partial charge in [-0.25, -0.2) is 0 Å². The first-order chi connectivity index (χ1) is 12.2. The van der Waals surface area contributed by atoms with E-state index in [-0.39, 0.29) is 23.5 Å². The molecule has 4 rings (SSSR count). The fourth-order valence-corrected chi connectivity index (χ4v) is 4.19. The monoisotopic (exact) mass is 338 g/mol. The average Bonchev–Trinajstić information content (AvgIpc) is 3.38. The zero-order valence-electron chi connectivity index (χ0n) is 14.0. The zero-order chi connectivity index (χ0) is 17.2. The molecule has 2 aliphatic carbocycles. The van der Waals surface area contributed by atoms with Gasteiger partial charge in [0.15, 0.2) is 5.76 Å². The van der Waals surface area contributed by atoms with E-state index in [0.29, 0.717) is 18.2 Å². The number of rotatable bonds is 5. The molecule has 0 spiro atoms. The van der Waals surface area contributed by atoms with E-state index in [9.17, 15) is 9.59 Å². The highest BCUT2D eigenvalue weighted by Crippen LogP contribution is 2.48. The van der Waals surface area contributed by atoms with Gasteiger partial charge in [0.25, 0.3) is 5.91 Å². The summed E-state index contributed by atoms with van der Waals surface area (Å²) in [6, 6.07) is 10.8. The first-order valence-electron chi connectivity index (χ1n) is 8.90. The van der Waals surface area contributed by atoms with Gasteiger partial charge in [0.05, 0.1) is 6.26 Å². The van der Waals surface area contributed by atoms with Gasteiger partial charge < -0.3 is 15.1 Å². The van der Waals surface area contributed by atoms with E-state index >= 15 is 0 Å². The lowest BCUT2D eigenvalue weighted by molar-refractivity contribution is -0.126. The third kappa shape index (κ3) is 3.45. The predicted molar refractivity (Wildman–Crippen MR) is 93.9 cm³/mol. The number of anilines is 1. The van der Waals surface area contributed by atoms with Gasteiger partial charge in [-0.05, 0) is 60.9 Å². The number of nitrogens with one attached hydrogen (secondary N) is 2. The molecule has 2 saturated carbocycles. The highest BCUT2D eigenvalue weighted by Gasteiger charge is 2.42. The van der Waals surface area contributed by atoms with Crippen LogP contribution in [0.25, 0.3) is 0 Å². The second-order valence-corrected chi connectivity index (χ2v) is 7.13. The third-order valence-electron chi connectivity index (χ3n) is 5.50. The molecular formula is C20H22N2O3. The van der Waals surface area contributed by atoms with E-state index in [0.717, 1.165) is 17.9 Å². The van der Waals surface area contributed by atoms with Crippen molar-refractivity contribution in [1.29, 1.82) is 0 Å². The fraction of sp³-hybridized carbons (Fsp3) is 0.400. The van der Waals surface area contributed by atoms with E-state index in [1.807, 2.05) is 24.3 Å². The first kappa shape index (κ1) is 15.9. The molecule has 2 fully saturated rings. The maximum Gasteiger partial charge on any atom is 0.291 e. The van der Waals surface area contributed by atoms with Gasteiger partial charge in [-0.15, -0.1) is 0 Å². The quantitative estimate of drug-likeness (QED) is 0.875. The van der Waals surface area contributed by atoms with Gasteiger partial charge in [0.2, 0.25) is 5.91 Å². The molecule has 3 unspecified atom stereocenters. The average molecular weight is 338 g/mol. The van der Waals surface area contributed by atoms with Crippen LogP contribution in [0.1, 0.15) is 41.8 Å². The summed E-state index contributed by atoms with van der Waals surface area (Å²) < 4.78 is 5.07. The second kappa shape index (κ2) is 6.75. The van der Waals surface area contributed by atoms with Crippen LogP contribution in [0.5, 0.6) is 0 Å². The maximum absolute atomic E-state index is 12.4. The van der Waals surface area contributed by atoms with Gasteiger partial charge >= 0.3 is 0 Å². The summed E-state index contributed by atoms with van der Waals surface area (Å²) in [5.41, 5.74) is 1.72. The van der Waals surface area contributed by atoms with Gasteiger partial charge in [-0.1, -0.05) is 18.6 Å². The number of amides is 2. The smallest absolute Gasteiger partial charge is 0.291 e. The van der Waals surface area contributed by atoms with Crippen molar-refractivity contribution in [3.63, 3.8) is 0 Å². The van der Waals surface area contributed by atoms with Crippen LogP contribution in [0, 0.1) is 17.8 Å². The third-order valence-corrected chi connectivity index (χ3v) is 5.50. The molecule has 0 saturated heterocycles. The largest absolute Gasteiger partial charge is 0.459 e. The van der Waals surface area contributed by atoms with Crippen LogP contribution in [-0.4, -0.2) is 11.8 Å². The molecule has 2 bridgehead atoms. The lowest BCUT2D eigenvalue weighted by atomic mass is 9.88. The predicted octanol–water partition coefficient (Wildman–Crippen LogP) is 3.58. The molecule has 1 heterocycles. The summed E-state index contributed by atoms with van der Waals surface area (Å²) in [6.07, 6.45) is 6.29. The summed E-state index contributed by atoms with van der Waals surface area (Å²) in [5.74, 6) is 1.79. The van der Waals surface area contributed by atoms with Gasteiger partial charge in [-0.2, -0.15) is 0 Å². The van der Waals surface area contributed by atoms with Crippen LogP contribution >= 0.6 is 0 Å². The SMILES string of the molecule is O=C(Nc1ccc(CNC(=O)C2CC3CCC2C3)cc1)c1ccco1. The van der Waals surface area contributed by atoms with E-state index in [2.05, 4.69) is 10.6 Å². The molecule has 130 valence electrons. The molecule has 0 aliphatic heterocycles. The van der Waals surface area contributed by atoms with Gasteiger partial charge in [-0.3, -0.25) is 9.59 Å². The molecule has 5 nitrogen and oxygen atoms in total. The fourth-order valence-electron chi connectivity index (χ4n) is 4.19. The molecule has 3 atom stereocenters. The minimum absolute atomic E-state index is 0.197. The van der Waals surface area contributed by atoms with Crippen molar-refractivity contribution in [2.24, 2.45) is 17.8 Å². The summed E-state index contributed by atoms with van der Waals surface area (Å²) >= 11 is 0. The number of furan rings is 1. The van der Waals surface area contributed by atoms with Crippen LogP contribution in [-0.2, 0) is 11.3 Å². The molecule has 2 aromatic rings. The Morgan fingerprint density at radius 2 is 1.92 bits per heavy atom. The number of benzene rings is 1. The molecule has 2 amide bonds. The molecule has 1 aromatic carbocycles. The Morgan fingerprint density at radius 1 is 1.08 bits per heavy atom. The van der Waals surface area contributed by atoms with Crippen molar-refractivity contribution < 1.29 is 14.0 Å². The Balaban J connectivity index is 1.29. The summed E-state index contributed by atoms with van der Waals surface area (Å²) in [4.78, 5) is 24.3. The number of carbonyl (C=O) groups is 2. The van der Waals surface area contributed by atoms with E-state index in [1.54, 1.807) is 12.1 Å². The Bertz CT molecular complexity index is 752. The standard InChI is InChI=1S/C20H22N2O3/c23-19(17-11-14-3-6-15(17)10-14)21-12-13-4-7-16(8-5-13)22-20(24)18-2-1-9-25-18/h1-2,4-5,7-9,14-15,17H,3,6,10-12H2,(H,21,23)(H,22,24). The van der Waals surface area contributed by atoms with Crippen molar-refractivity contribution in [2.75, 3.05) is 5.32 Å². The second-order valence-electron chi connectivity index (χ2n) is 7.13. The van der Waals surface area contributed by atoms with Gasteiger partial charge in [0.1, 0.15) is 0 Å². The zero-order valence-corrected chi connectivity index (χ0v) is 14.0. The van der Waals surface area contributed by atoms with E-state index < -0.39 is 0 Å². The molecule has 2 N–H and O–H groups in total. The molecule has 0 radical (unpaired) electrons. The molecule has 5 heteroatoms. The molecule has 1 aromatic heterocycles. The molecule has 25 heavy (non-hydrogen) atoms. The van der Waals surface area contributed by atoms with Crippen LogP contribution in [0.15, 0.2) is 47.1 Å². The van der Waals surface area contributed by atoms with Gasteiger partial charge in [0, 0.05) is 18.2 Å². The first-order valence-corrected chi connectivity index (χ1v) is 8.90. The van der Waals surface area contributed by atoms with E-state index in [1.165, 1.54) is 25.5 Å². The lowest BCUT2D eigenvalue weighted by Crippen LogP contribution is -2.33. The highest BCUT2D eigenvalue weighted by molar-refractivity contribution is 6.02. The van der Waals surface area contributed by atoms with Crippen molar-refractivity contribution in [3.8, 4) is 0 Å². The summed E-state index contributed by atoms with van der Waals surface area (Å²) in [6.45, 7) is 0.527.